The van der Waals surface area contributed by atoms with E-state index in [0.717, 1.165) is 5.69 Å². The zero-order chi connectivity index (χ0) is 18.6. The fraction of sp³-hybridized carbons (Fsp3) is 0.100. The lowest BCUT2D eigenvalue weighted by molar-refractivity contribution is 0.601. The van der Waals surface area contributed by atoms with Crippen LogP contribution in [0, 0.1) is 0 Å². The smallest absolute Gasteiger partial charge is 0.261 e. The van der Waals surface area contributed by atoms with Crippen molar-refractivity contribution in [1.29, 1.82) is 0 Å². The van der Waals surface area contributed by atoms with Gasteiger partial charge in [-0.1, -0.05) is 48.0 Å². The third-order valence-electron chi connectivity index (χ3n) is 3.93. The topological polar surface area (TPSA) is 58.2 Å². The van der Waals surface area contributed by atoms with Crippen LogP contribution >= 0.6 is 11.6 Å². The largest absolute Gasteiger partial charge is 0.379 e. The van der Waals surface area contributed by atoms with E-state index in [1.54, 1.807) is 24.3 Å². The Labute approximate surface area is 158 Å². The van der Waals surface area contributed by atoms with Gasteiger partial charge in [-0.3, -0.25) is 4.72 Å². The van der Waals surface area contributed by atoms with Gasteiger partial charge in [0.15, 0.2) is 0 Å². The maximum absolute atomic E-state index is 12.4. The molecule has 4 nitrogen and oxygen atoms in total. The Bertz CT molecular complexity index is 974. The van der Waals surface area contributed by atoms with E-state index in [4.69, 9.17) is 11.6 Å². The van der Waals surface area contributed by atoms with Crippen LogP contribution in [0.4, 0.5) is 11.4 Å². The van der Waals surface area contributed by atoms with Crippen molar-refractivity contribution in [3.63, 3.8) is 0 Å². The Morgan fingerprint density at radius 1 is 0.846 bits per heavy atom. The van der Waals surface area contributed by atoms with Crippen LogP contribution in [0.25, 0.3) is 0 Å². The molecule has 0 bridgehead atoms. The second kappa shape index (κ2) is 7.81. The van der Waals surface area contributed by atoms with Crippen molar-refractivity contribution < 1.29 is 8.42 Å². The van der Waals surface area contributed by atoms with Crippen LogP contribution in [-0.2, 0) is 10.0 Å². The highest BCUT2D eigenvalue weighted by molar-refractivity contribution is 7.92. The maximum atomic E-state index is 12.4. The van der Waals surface area contributed by atoms with Crippen LogP contribution in [0.1, 0.15) is 18.5 Å². The Morgan fingerprint density at radius 2 is 1.50 bits per heavy atom. The normalized spacial score (nSPS) is 12.4. The number of anilines is 2. The summed E-state index contributed by atoms with van der Waals surface area (Å²) in [5, 5.41) is 3.77. The third-order valence-corrected chi connectivity index (χ3v) is 5.54. The first-order valence-corrected chi connectivity index (χ1v) is 10.00. The van der Waals surface area contributed by atoms with Crippen molar-refractivity contribution in [2.45, 2.75) is 17.9 Å². The minimum absolute atomic E-state index is 0.130. The molecule has 1 atom stereocenters. The van der Waals surface area contributed by atoms with Crippen LogP contribution in [0.3, 0.4) is 0 Å². The molecular weight excluding hydrogens is 368 g/mol. The van der Waals surface area contributed by atoms with Crippen LogP contribution in [0.5, 0.6) is 0 Å². The molecule has 6 heteroatoms. The SMILES string of the molecule is CC(Nc1ccc(NS(=O)(=O)c2cccc(Cl)c2)cc1)c1ccccc1. The van der Waals surface area contributed by atoms with Gasteiger partial charge in [-0.2, -0.15) is 0 Å². The van der Waals surface area contributed by atoms with Crippen molar-refractivity contribution in [3.05, 3.63) is 89.4 Å². The molecule has 3 aromatic carbocycles. The monoisotopic (exact) mass is 386 g/mol. The molecule has 0 fully saturated rings. The van der Waals surface area contributed by atoms with Crippen LogP contribution in [-0.4, -0.2) is 8.42 Å². The summed E-state index contributed by atoms with van der Waals surface area (Å²) < 4.78 is 27.4. The lowest BCUT2D eigenvalue weighted by Gasteiger charge is -2.16. The second-order valence-electron chi connectivity index (χ2n) is 5.92. The van der Waals surface area contributed by atoms with E-state index in [-0.39, 0.29) is 10.9 Å². The molecule has 26 heavy (non-hydrogen) atoms. The number of hydrogen-bond acceptors (Lipinski definition) is 3. The minimum atomic E-state index is -3.67. The fourth-order valence-corrected chi connectivity index (χ4v) is 3.92. The highest BCUT2D eigenvalue weighted by Crippen LogP contribution is 2.23. The van der Waals surface area contributed by atoms with E-state index in [1.807, 2.05) is 30.3 Å². The van der Waals surface area contributed by atoms with Gasteiger partial charge in [-0.25, -0.2) is 8.42 Å². The first-order valence-electron chi connectivity index (χ1n) is 8.14. The first kappa shape index (κ1) is 18.3. The predicted molar refractivity (Wildman–Crippen MR) is 107 cm³/mol. The fourth-order valence-electron chi connectivity index (χ4n) is 2.56. The summed E-state index contributed by atoms with van der Waals surface area (Å²) >= 11 is 5.87. The van der Waals surface area contributed by atoms with Gasteiger partial charge in [0.2, 0.25) is 0 Å². The summed E-state index contributed by atoms with van der Waals surface area (Å²) in [7, 11) is -3.67. The van der Waals surface area contributed by atoms with E-state index < -0.39 is 10.0 Å². The summed E-state index contributed by atoms with van der Waals surface area (Å²) in [5.41, 5.74) is 2.58. The van der Waals surface area contributed by atoms with E-state index in [9.17, 15) is 8.42 Å². The molecule has 2 N–H and O–H groups in total. The molecule has 3 aromatic rings. The number of hydrogen-bond donors (Lipinski definition) is 2. The average molecular weight is 387 g/mol. The van der Waals surface area contributed by atoms with E-state index in [0.29, 0.717) is 10.7 Å². The van der Waals surface area contributed by atoms with E-state index in [1.165, 1.54) is 17.7 Å². The molecular formula is C20H19ClN2O2S. The van der Waals surface area contributed by atoms with E-state index in [2.05, 4.69) is 29.1 Å². The summed E-state index contributed by atoms with van der Waals surface area (Å²) in [5.74, 6) is 0. The van der Waals surface area contributed by atoms with Gasteiger partial charge < -0.3 is 5.32 Å². The minimum Gasteiger partial charge on any atom is -0.379 e. The average Bonchev–Trinajstić information content (AvgIpc) is 2.64. The number of rotatable bonds is 6. The molecule has 0 radical (unpaired) electrons. The standard InChI is InChI=1S/C20H19ClN2O2S/c1-15(16-6-3-2-4-7-16)22-18-10-12-19(13-11-18)23-26(24,25)20-9-5-8-17(21)14-20/h2-15,22-23H,1H3. The molecule has 0 saturated heterocycles. The van der Waals surface area contributed by atoms with Gasteiger partial charge in [0.1, 0.15) is 0 Å². The number of halogens is 1. The zero-order valence-electron chi connectivity index (χ0n) is 14.2. The van der Waals surface area contributed by atoms with Crippen molar-refractivity contribution in [1.82, 2.24) is 0 Å². The van der Waals surface area contributed by atoms with Crippen LogP contribution < -0.4 is 10.0 Å². The molecule has 0 aliphatic heterocycles. The van der Waals surface area contributed by atoms with Gasteiger partial charge in [-0.05, 0) is 55.0 Å². The lowest BCUT2D eigenvalue weighted by Crippen LogP contribution is -2.13. The molecule has 0 aliphatic carbocycles. The van der Waals surface area contributed by atoms with Gasteiger partial charge in [0, 0.05) is 22.4 Å². The van der Waals surface area contributed by atoms with Crippen LogP contribution in [0.15, 0.2) is 83.8 Å². The first-order chi connectivity index (χ1) is 12.4. The molecule has 3 rings (SSSR count). The Hall–Kier alpha value is -2.50. The molecule has 134 valence electrons. The van der Waals surface area contributed by atoms with Crippen molar-refractivity contribution in [2.24, 2.45) is 0 Å². The number of sulfonamides is 1. The predicted octanol–water partition coefficient (Wildman–Crippen LogP) is 5.31. The number of benzene rings is 3. The molecule has 0 aromatic heterocycles. The molecule has 0 heterocycles. The van der Waals surface area contributed by atoms with Gasteiger partial charge >= 0.3 is 0 Å². The summed E-state index contributed by atoms with van der Waals surface area (Å²) in [6, 6.07) is 23.5. The van der Waals surface area contributed by atoms with Crippen molar-refractivity contribution in [2.75, 3.05) is 10.0 Å². The number of nitrogens with one attached hydrogen (secondary N) is 2. The lowest BCUT2D eigenvalue weighted by atomic mass is 10.1. The van der Waals surface area contributed by atoms with Crippen molar-refractivity contribution in [3.8, 4) is 0 Å². The molecule has 1 unspecified atom stereocenters. The van der Waals surface area contributed by atoms with Crippen molar-refractivity contribution >= 4 is 33.0 Å². The van der Waals surface area contributed by atoms with Gasteiger partial charge in [0.25, 0.3) is 10.0 Å². The maximum Gasteiger partial charge on any atom is 0.261 e. The molecule has 0 spiro atoms. The quantitative estimate of drug-likeness (QED) is 0.603. The second-order valence-corrected chi connectivity index (χ2v) is 8.04. The Balaban J connectivity index is 1.70. The highest BCUT2D eigenvalue weighted by atomic mass is 35.5. The Morgan fingerprint density at radius 3 is 2.15 bits per heavy atom. The molecule has 0 amide bonds. The molecule has 0 saturated carbocycles. The van der Waals surface area contributed by atoms with Gasteiger partial charge in [-0.15, -0.1) is 0 Å². The highest BCUT2D eigenvalue weighted by Gasteiger charge is 2.14. The van der Waals surface area contributed by atoms with Crippen LogP contribution in [0.2, 0.25) is 5.02 Å². The summed E-state index contributed by atoms with van der Waals surface area (Å²) in [6.45, 7) is 2.07. The Kier molecular flexibility index (Phi) is 5.49. The summed E-state index contributed by atoms with van der Waals surface area (Å²) in [6.07, 6.45) is 0. The molecule has 0 aliphatic rings. The summed E-state index contributed by atoms with van der Waals surface area (Å²) in [4.78, 5) is 0.130. The third kappa shape index (κ3) is 4.56. The van der Waals surface area contributed by atoms with Gasteiger partial charge in [0.05, 0.1) is 4.90 Å². The van der Waals surface area contributed by atoms with E-state index >= 15 is 0 Å². The zero-order valence-corrected chi connectivity index (χ0v) is 15.8.